The van der Waals surface area contributed by atoms with Gasteiger partial charge in [-0.1, -0.05) is 37.2 Å². The van der Waals surface area contributed by atoms with Crippen LogP contribution < -0.4 is 5.73 Å². The maximum absolute atomic E-state index is 8.65. The fourth-order valence-corrected chi connectivity index (χ4v) is 3.08. The molecule has 0 aromatic carbocycles. The van der Waals surface area contributed by atoms with Crippen LogP contribution in [-0.4, -0.2) is 21.8 Å². The summed E-state index contributed by atoms with van der Waals surface area (Å²) in [7, 11) is 0. The van der Waals surface area contributed by atoms with E-state index in [1.165, 1.54) is 0 Å². The van der Waals surface area contributed by atoms with Crippen molar-refractivity contribution in [3.05, 3.63) is 11.6 Å². The summed E-state index contributed by atoms with van der Waals surface area (Å²) in [6.07, 6.45) is 4.95. The second kappa shape index (κ2) is 6.86. The predicted molar refractivity (Wildman–Crippen MR) is 73.9 cm³/mol. The zero-order chi connectivity index (χ0) is 12.7. The largest absolute Gasteiger partial charge is 0.409 e. The molecule has 96 valence electrons. The van der Waals surface area contributed by atoms with E-state index in [9.17, 15) is 0 Å². The molecule has 0 saturated carbocycles. The van der Waals surface area contributed by atoms with Crippen molar-refractivity contribution in [2.45, 2.75) is 37.4 Å². The maximum atomic E-state index is 8.65. The molecule has 0 fully saturated rings. The number of oxime groups is 1. The highest BCUT2D eigenvalue weighted by molar-refractivity contribution is 8.00. The molecule has 0 aliphatic carbocycles. The summed E-state index contributed by atoms with van der Waals surface area (Å²) in [5.41, 5.74) is 5.41. The first-order valence-electron chi connectivity index (χ1n) is 5.56. The molecule has 1 aromatic heterocycles. The van der Waals surface area contributed by atoms with Gasteiger partial charge < -0.3 is 10.9 Å². The van der Waals surface area contributed by atoms with Gasteiger partial charge in [-0.15, -0.1) is 11.3 Å². The fourth-order valence-electron chi connectivity index (χ4n) is 1.37. The Morgan fingerprint density at radius 1 is 1.59 bits per heavy atom. The predicted octanol–water partition coefficient (Wildman–Crippen LogP) is 3.18. The van der Waals surface area contributed by atoms with E-state index in [0.717, 1.165) is 29.4 Å². The van der Waals surface area contributed by atoms with Crippen LogP contribution in [0.5, 0.6) is 0 Å². The van der Waals surface area contributed by atoms with Gasteiger partial charge >= 0.3 is 0 Å². The number of aromatic nitrogens is 1. The molecule has 0 bridgehead atoms. The topological polar surface area (TPSA) is 71.5 Å². The number of unbranched alkanes of at least 4 members (excludes halogenated alkanes) is 1. The van der Waals surface area contributed by atoms with E-state index >= 15 is 0 Å². The highest BCUT2D eigenvalue weighted by Gasteiger charge is 2.22. The molecule has 0 unspecified atom stereocenters. The lowest BCUT2D eigenvalue weighted by molar-refractivity contribution is 0.304. The van der Waals surface area contributed by atoms with E-state index in [2.05, 4.69) is 10.1 Å². The summed E-state index contributed by atoms with van der Waals surface area (Å²) in [5, 5.41) is 13.7. The van der Waals surface area contributed by atoms with Gasteiger partial charge in [-0.05, 0) is 12.8 Å². The first-order valence-corrected chi connectivity index (χ1v) is 7.43. The summed E-state index contributed by atoms with van der Waals surface area (Å²) in [6.45, 7) is 3.99. The third-order valence-electron chi connectivity index (χ3n) is 2.63. The molecule has 1 rings (SSSR count). The number of amidine groups is 1. The minimum Gasteiger partial charge on any atom is -0.409 e. The molecule has 0 amide bonds. The first kappa shape index (κ1) is 14.3. The molecule has 0 aliphatic rings. The number of thiazole rings is 1. The molecule has 0 radical (unpaired) electrons. The molecule has 6 heteroatoms. The van der Waals surface area contributed by atoms with E-state index < -0.39 is 0 Å². The van der Waals surface area contributed by atoms with Gasteiger partial charge in [-0.25, -0.2) is 4.98 Å². The number of hydrogen-bond donors (Lipinski definition) is 2. The summed E-state index contributed by atoms with van der Waals surface area (Å²) in [5.74, 6) is 1.38. The molecular weight excluding hydrogens is 254 g/mol. The van der Waals surface area contributed by atoms with Crippen LogP contribution in [0.25, 0.3) is 0 Å². The molecule has 0 saturated heterocycles. The Kier molecular flexibility index (Phi) is 5.77. The van der Waals surface area contributed by atoms with E-state index in [1.54, 1.807) is 23.1 Å². The molecular formula is C11H19N3OS2. The normalized spacial score (nSPS) is 12.9. The lowest BCUT2D eigenvalue weighted by Gasteiger charge is -2.22. The van der Waals surface area contributed by atoms with Gasteiger partial charge in [-0.2, -0.15) is 0 Å². The standard InChI is InChI=1S/C11H19N3OS2/c1-11(2,9(12)14-15)5-3-4-7-16-10-13-6-8-17-10/h6,8,15H,3-5,7H2,1-2H3,(H2,12,14). The number of hydrogen-bond acceptors (Lipinski definition) is 5. The van der Waals surface area contributed by atoms with Crippen LogP contribution in [0.15, 0.2) is 21.1 Å². The molecule has 3 N–H and O–H groups in total. The van der Waals surface area contributed by atoms with Crippen molar-refractivity contribution >= 4 is 28.9 Å². The van der Waals surface area contributed by atoms with Crippen LogP contribution in [0.1, 0.15) is 33.1 Å². The molecule has 0 spiro atoms. The Hall–Kier alpha value is -0.750. The van der Waals surface area contributed by atoms with Crippen molar-refractivity contribution in [3.8, 4) is 0 Å². The van der Waals surface area contributed by atoms with Crippen molar-refractivity contribution in [1.82, 2.24) is 4.98 Å². The quantitative estimate of drug-likeness (QED) is 0.200. The van der Waals surface area contributed by atoms with Gasteiger partial charge in [0.05, 0.1) is 0 Å². The van der Waals surface area contributed by atoms with E-state index in [-0.39, 0.29) is 5.41 Å². The van der Waals surface area contributed by atoms with Gasteiger partial charge in [0.1, 0.15) is 10.2 Å². The maximum Gasteiger partial charge on any atom is 0.149 e. The van der Waals surface area contributed by atoms with Crippen LogP contribution in [0.2, 0.25) is 0 Å². The second-order valence-electron chi connectivity index (χ2n) is 4.47. The first-order chi connectivity index (χ1) is 8.06. The summed E-state index contributed by atoms with van der Waals surface area (Å²) < 4.78 is 1.13. The minimum atomic E-state index is -0.222. The average molecular weight is 273 g/mol. The van der Waals surface area contributed by atoms with Crippen LogP contribution in [0.3, 0.4) is 0 Å². The fraction of sp³-hybridized carbons (Fsp3) is 0.636. The van der Waals surface area contributed by atoms with Crippen LogP contribution in [0.4, 0.5) is 0 Å². The van der Waals surface area contributed by atoms with Crippen molar-refractivity contribution in [1.29, 1.82) is 0 Å². The number of nitrogens with two attached hydrogens (primary N) is 1. The third kappa shape index (κ3) is 4.95. The van der Waals surface area contributed by atoms with E-state index in [0.29, 0.717) is 5.84 Å². The van der Waals surface area contributed by atoms with Crippen LogP contribution >= 0.6 is 23.1 Å². The number of nitrogens with zero attached hydrogens (tertiary/aromatic N) is 2. The van der Waals surface area contributed by atoms with Crippen LogP contribution in [0, 0.1) is 5.41 Å². The zero-order valence-electron chi connectivity index (χ0n) is 10.2. The summed E-state index contributed by atoms with van der Waals surface area (Å²) in [6, 6.07) is 0. The Morgan fingerprint density at radius 3 is 2.94 bits per heavy atom. The van der Waals surface area contributed by atoms with Gasteiger partial charge in [0.15, 0.2) is 0 Å². The van der Waals surface area contributed by atoms with E-state index in [4.69, 9.17) is 10.9 Å². The molecule has 1 aromatic rings. The lowest BCUT2D eigenvalue weighted by Crippen LogP contribution is -2.31. The monoisotopic (exact) mass is 273 g/mol. The van der Waals surface area contributed by atoms with Gasteiger partial charge in [0, 0.05) is 22.7 Å². The average Bonchev–Trinajstić information content (AvgIpc) is 2.80. The molecule has 17 heavy (non-hydrogen) atoms. The SMILES string of the molecule is CC(C)(CCCCSc1nccs1)/C(N)=N/O. The highest BCUT2D eigenvalue weighted by atomic mass is 32.2. The van der Waals surface area contributed by atoms with Crippen LogP contribution in [-0.2, 0) is 0 Å². The van der Waals surface area contributed by atoms with Gasteiger partial charge in [-0.3, -0.25) is 0 Å². The smallest absolute Gasteiger partial charge is 0.149 e. The van der Waals surface area contributed by atoms with Gasteiger partial charge in [0.2, 0.25) is 0 Å². The van der Waals surface area contributed by atoms with Crippen molar-refractivity contribution < 1.29 is 5.21 Å². The Balaban J connectivity index is 2.16. The summed E-state index contributed by atoms with van der Waals surface area (Å²) in [4.78, 5) is 4.21. The van der Waals surface area contributed by atoms with Crippen molar-refractivity contribution in [2.75, 3.05) is 5.75 Å². The Bertz CT molecular complexity index is 350. The summed E-state index contributed by atoms with van der Waals surface area (Å²) >= 11 is 3.46. The van der Waals surface area contributed by atoms with E-state index in [1.807, 2.05) is 25.4 Å². The molecule has 0 atom stereocenters. The lowest BCUT2D eigenvalue weighted by atomic mass is 9.86. The Morgan fingerprint density at radius 2 is 2.35 bits per heavy atom. The van der Waals surface area contributed by atoms with Gasteiger partial charge in [0.25, 0.3) is 0 Å². The van der Waals surface area contributed by atoms with Crippen molar-refractivity contribution in [2.24, 2.45) is 16.3 Å². The zero-order valence-corrected chi connectivity index (χ0v) is 11.9. The molecule has 4 nitrogen and oxygen atoms in total. The number of rotatable bonds is 7. The second-order valence-corrected chi connectivity index (χ2v) is 6.71. The van der Waals surface area contributed by atoms with Crippen molar-refractivity contribution in [3.63, 3.8) is 0 Å². The number of thioether (sulfide) groups is 1. The molecule has 1 heterocycles. The Labute approximate surface area is 110 Å². The molecule has 0 aliphatic heterocycles. The minimum absolute atomic E-state index is 0.222. The highest BCUT2D eigenvalue weighted by Crippen LogP contribution is 2.26. The third-order valence-corrected chi connectivity index (χ3v) is 4.68.